The SMILES string of the molecule is CCCCN1C(=O)CC(C(=O)N2CCC(NC(=O)c3ccc(C)o3)CC2)C1c1ccc(OC)cc1. The molecule has 2 atom stereocenters. The van der Waals surface area contributed by atoms with Crippen LogP contribution in [0.25, 0.3) is 0 Å². The van der Waals surface area contributed by atoms with Crippen molar-refractivity contribution in [1.29, 1.82) is 0 Å². The molecule has 1 aromatic carbocycles. The average Bonchev–Trinajstić information content (AvgIpc) is 3.45. The van der Waals surface area contributed by atoms with Crippen LogP contribution in [0.4, 0.5) is 0 Å². The fraction of sp³-hybridized carbons (Fsp3) is 0.519. The van der Waals surface area contributed by atoms with Crippen molar-refractivity contribution in [2.75, 3.05) is 26.7 Å². The Morgan fingerprint density at radius 2 is 1.83 bits per heavy atom. The molecule has 8 nitrogen and oxygen atoms in total. The molecule has 2 aliphatic rings. The number of likely N-dealkylation sites (tertiary alicyclic amines) is 2. The summed E-state index contributed by atoms with van der Waals surface area (Å²) >= 11 is 0. The molecular formula is C27H35N3O5. The number of nitrogens with zero attached hydrogens (tertiary/aromatic N) is 2. The number of aryl methyl sites for hydroxylation is 1. The monoisotopic (exact) mass is 481 g/mol. The van der Waals surface area contributed by atoms with Crippen molar-refractivity contribution in [3.8, 4) is 5.75 Å². The number of carbonyl (C=O) groups is 3. The van der Waals surface area contributed by atoms with Crippen LogP contribution in [0.3, 0.4) is 0 Å². The highest BCUT2D eigenvalue weighted by atomic mass is 16.5. The summed E-state index contributed by atoms with van der Waals surface area (Å²) < 4.78 is 10.7. The second kappa shape index (κ2) is 11.0. The number of furan rings is 1. The molecular weight excluding hydrogens is 446 g/mol. The van der Waals surface area contributed by atoms with E-state index in [1.807, 2.05) is 34.1 Å². The summed E-state index contributed by atoms with van der Waals surface area (Å²) in [6.45, 7) is 5.65. The summed E-state index contributed by atoms with van der Waals surface area (Å²) in [4.78, 5) is 42.8. The number of nitrogens with one attached hydrogen (secondary N) is 1. The molecule has 2 fully saturated rings. The third-order valence-corrected chi connectivity index (χ3v) is 7.06. The Bertz CT molecular complexity index is 1040. The third-order valence-electron chi connectivity index (χ3n) is 7.06. The number of amides is 3. The van der Waals surface area contributed by atoms with Gasteiger partial charge in [-0.3, -0.25) is 14.4 Å². The highest BCUT2D eigenvalue weighted by Crippen LogP contribution is 2.40. The molecule has 4 rings (SSSR count). The number of unbranched alkanes of at least 4 members (excludes halogenated alkanes) is 1. The summed E-state index contributed by atoms with van der Waals surface area (Å²) in [5, 5.41) is 3.02. The van der Waals surface area contributed by atoms with Gasteiger partial charge in [0, 0.05) is 32.1 Å². The third kappa shape index (κ3) is 5.52. The number of ether oxygens (including phenoxy) is 1. The maximum absolute atomic E-state index is 13.6. The Balaban J connectivity index is 1.43. The Morgan fingerprint density at radius 1 is 1.11 bits per heavy atom. The van der Waals surface area contributed by atoms with Crippen molar-refractivity contribution in [3.05, 3.63) is 53.5 Å². The molecule has 0 aliphatic carbocycles. The van der Waals surface area contributed by atoms with Crippen molar-refractivity contribution in [2.24, 2.45) is 5.92 Å². The van der Waals surface area contributed by atoms with Crippen LogP contribution >= 0.6 is 0 Å². The zero-order chi connectivity index (χ0) is 24.9. The Labute approximate surface area is 206 Å². The zero-order valence-electron chi connectivity index (χ0n) is 20.8. The molecule has 3 heterocycles. The average molecular weight is 482 g/mol. The number of hydrogen-bond acceptors (Lipinski definition) is 5. The van der Waals surface area contributed by atoms with Gasteiger partial charge in [-0.2, -0.15) is 0 Å². The minimum absolute atomic E-state index is 0.0133. The summed E-state index contributed by atoms with van der Waals surface area (Å²) in [6, 6.07) is 10.8. The number of benzene rings is 1. The van der Waals surface area contributed by atoms with Gasteiger partial charge < -0.3 is 24.3 Å². The highest BCUT2D eigenvalue weighted by Gasteiger charge is 2.46. The standard InChI is InChI=1S/C27H35N3O5/c1-4-5-14-30-24(31)17-22(25(30)19-7-9-21(34-3)10-8-19)27(33)29-15-12-20(13-16-29)28-26(32)23-11-6-18(2)35-23/h6-11,20,22,25H,4-5,12-17H2,1-3H3,(H,28,32). The maximum atomic E-state index is 13.6. The molecule has 1 aromatic heterocycles. The summed E-state index contributed by atoms with van der Waals surface area (Å²) in [6.07, 6.45) is 3.46. The number of methoxy groups -OCH3 is 1. The van der Waals surface area contributed by atoms with Gasteiger partial charge in [0.05, 0.1) is 19.1 Å². The highest BCUT2D eigenvalue weighted by molar-refractivity contribution is 5.92. The van der Waals surface area contributed by atoms with Gasteiger partial charge in [0.25, 0.3) is 5.91 Å². The van der Waals surface area contributed by atoms with Gasteiger partial charge in [-0.05, 0) is 56.0 Å². The van der Waals surface area contributed by atoms with E-state index >= 15 is 0 Å². The molecule has 2 aliphatic heterocycles. The lowest BCUT2D eigenvalue weighted by atomic mass is 9.91. The first-order valence-electron chi connectivity index (χ1n) is 12.5. The van der Waals surface area contributed by atoms with Gasteiger partial charge in [0.2, 0.25) is 11.8 Å². The Kier molecular flexibility index (Phi) is 7.78. The smallest absolute Gasteiger partial charge is 0.287 e. The largest absolute Gasteiger partial charge is 0.497 e. The number of rotatable bonds is 8. The summed E-state index contributed by atoms with van der Waals surface area (Å²) in [5.74, 6) is 1.16. The van der Waals surface area contributed by atoms with E-state index in [4.69, 9.17) is 9.15 Å². The molecule has 35 heavy (non-hydrogen) atoms. The van der Waals surface area contributed by atoms with Crippen LogP contribution < -0.4 is 10.1 Å². The predicted octanol–water partition coefficient (Wildman–Crippen LogP) is 3.71. The molecule has 0 radical (unpaired) electrons. The molecule has 3 amide bonds. The number of carbonyl (C=O) groups excluding carboxylic acids is 3. The molecule has 1 N–H and O–H groups in total. The first kappa shape index (κ1) is 24.8. The molecule has 2 saturated heterocycles. The van der Waals surface area contributed by atoms with Crippen molar-refractivity contribution in [2.45, 2.75) is 58.0 Å². The van der Waals surface area contributed by atoms with Gasteiger partial charge in [0.15, 0.2) is 5.76 Å². The topological polar surface area (TPSA) is 92.1 Å². The second-order valence-corrected chi connectivity index (χ2v) is 9.45. The van der Waals surface area contributed by atoms with Crippen molar-refractivity contribution in [1.82, 2.24) is 15.1 Å². The Hall–Kier alpha value is -3.29. The minimum Gasteiger partial charge on any atom is -0.497 e. The van der Waals surface area contributed by atoms with E-state index in [2.05, 4.69) is 12.2 Å². The predicted molar refractivity (Wildman–Crippen MR) is 131 cm³/mol. The molecule has 188 valence electrons. The maximum Gasteiger partial charge on any atom is 0.287 e. The van der Waals surface area contributed by atoms with Gasteiger partial charge >= 0.3 is 0 Å². The fourth-order valence-corrected chi connectivity index (χ4v) is 5.11. The van der Waals surface area contributed by atoms with E-state index in [0.29, 0.717) is 44.0 Å². The van der Waals surface area contributed by atoms with Crippen LogP contribution in [0.1, 0.15) is 66.9 Å². The van der Waals surface area contributed by atoms with E-state index < -0.39 is 5.92 Å². The van der Waals surface area contributed by atoms with Crippen molar-refractivity contribution in [3.63, 3.8) is 0 Å². The van der Waals surface area contributed by atoms with Gasteiger partial charge in [-0.1, -0.05) is 25.5 Å². The summed E-state index contributed by atoms with van der Waals surface area (Å²) in [5.41, 5.74) is 0.960. The first-order valence-corrected chi connectivity index (χ1v) is 12.5. The Morgan fingerprint density at radius 3 is 2.43 bits per heavy atom. The quantitative estimate of drug-likeness (QED) is 0.621. The molecule has 8 heteroatoms. The normalized spacial score (nSPS) is 20.8. The van der Waals surface area contributed by atoms with Crippen LogP contribution in [0.2, 0.25) is 0 Å². The van der Waals surface area contributed by atoms with E-state index in [1.165, 1.54) is 0 Å². The van der Waals surface area contributed by atoms with Gasteiger partial charge in [0.1, 0.15) is 11.5 Å². The number of hydrogen-bond donors (Lipinski definition) is 1. The van der Waals surface area contributed by atoms with Crippen LogP contribution in [0, 0.1) is 12.8 Å². The zero-order valence-corrected chi connectivity index (χ0v) is 20.8. The lowest BCUT2D eigenvalue weighted by Gasteiger charge is -2.36. The summed E-state index contributed by atoms with van der Waals surface area (Å²) in [7, 11) is 1.62. The van der Waals surface area contributed by atoms with E-state index in [9.17, 15) is 14.4 Å². The molecule has 0 saturated carbocycles. The van der Waals surface area contributed by atoms with E-state index in [-0.39, 0.29) is 36.2 Å². The lowest BCUT2D eigenvalue weighted by Crippen LogP contribution is -2.48. The van der Waals surface area contributed by atoms with Crippen molar-refractivity contribution >= 4 is 17.7 Å². The second-order valence-electron chi connectivity index (χ2n) is 9.45. The van der Waals surface area contributed by atoms with Crippen LogP contribution in [-0.4, -0.2) is 60.3 Å². The van der Waals surface area contributed by atoms with E-state index in [1.54, 1.807) is 26.2 Å². The lowest BCUT2D eigenvalue weighted by molar-refractivity contribution is -0.137. The minimum atomic E-state index is -0.412. The molecule has 2 unspecified atom stereocenters. The first-order chi connectivity index (χ1) is 16.9. The van der Waals surface area contributed by atoms with Gasteiger partial charge in [-0.25, -0.2) is 0 Å². The van der Waals surface area contributed by atoms with Crippen molar-refractivity contribution < 1.29 is 23.5 Å². The van der Waals surface area contributed by atoms with Crippen LogP contribution in [0.5, 0.6) is 5.75 Å². The molecule has 0 spiro atoms. The van der Waals surface area contributed by atoms with Crippen LogP contribution in [-0.2, 0) is 9.59 Å². The fourth-order valence-electron chi connectivity index (χ4n) is 5.11. The molecule has 0 bridgehead atoms. The van der Waals surface area contributed by atoms with E-state index in [0.717, 1.165) is 24.2 Å². The van der Waals surface area contributed by atoms with Crippen LogP contribution in [0.15, 0.2) is 40.8 Å². The number of piperidine rings is 1. The van der Waals surface area contributed by atoms with Gasteiger partial charge in [-0.15, -0.1) is 0 Å². The molecule has 2 aromatic rings.